The lowest BCUT2D eigenvalue weighted by Crippen LogP contribution is -2.47. The van der Waals surface area contributed by atoms with E-state index >= 15 is 0 Å². The van der Waals surface area contributed by atoms with Gasteiger partial charge in [-0.2, -0.15) is 0 Å². The molecule has 2 aromatic rings. The first kappa shape index (κ1) is 15.5. The third-order valence-electron chi connectivity index (χ3n) is 4.68. The molecule has 0 unspecified atom stereocenters. The molecule has 0 spiro atoms. The predicted molar refractivity (Wildman–Crippen MR) is 92.2 cm³/mol. The smallest absolute Gasteiger partial charge is 0.0558 e. The number of rotatable bonds is 6. The minimum Gasteiger partial charge on any atom is -0.395 e. The molecule has 3 heteroatoms. The highest BCUT2D eigenvalue weighted by molar-refractivity contribution is 5.85. The van der Waals surface area contributed by atoms with Crippen molar-refractivity contribution in [2.75, 3.05) is 45.9 Å². The van der Waals surface area contributed by atoms with Gasteiger partial charge in [-0.3, -0.25) is 4.90 Å². The Morgan fingerprint density at radius 1 is 0.818 bits per heavy atom. The number of β-amino-alcohol motifs (C(OH)–C–C–N with tert-alkyl or cyclic N) is 1. The molecule has 0 atom stereocenters. The van der Waals surface area contributed by atoms with E-state index in [1.165, 1.54) is 29.3 Å². The summed E-state index contributed by atoms with van der Waals surface area (Å²) in [5, 5.41) is 11.7. The van der Waals surface area contributed by atoms with Gasteiger partial charge in [-0.05, 0) is 35.7 Å². The highest BCUT2D eigenvalue weighted by atomic mass is 16.3. The molecule has 0 aromatic heterocycles. The van der Waals surface area contributed by atoms with Gasteiger partial charge in [0.05, 0.1) is 6.61 Å². The van der Waals surface area contributed by atoms with Crippen LogP contribution in [0.3, 0.4) is 0 Å². The first-order valence-electron chi connectivity index (χ1n) is 8.39. The van der Waals surface area contributed by atoms with E-state index < -0.39 is 0 Å². The predicted octanol–water partition coefficient (Wildman–Crippen LogP) is 2.38. The molecular weight excluding hydrogens is 272 g/mol. The van der Waals surface area contributed by atoms with Crippen LogP contribution >= 0.6 is 0 Å². The fourth-order valence-corrected chi connectivity index (χ4v) is 3.38. The maximum Gasteiger partial charge on any atom is 0.0558 e. The zero-order valence-corrected chi connectivity index (χ0v) is 13.2. The second kappa shape index (κ2) is 7.73. The summed E-state index contributed by atoms with van der Waals surface area (Å²) in [6.45, 7) is 6.73. The number of fused-ring (bicyclic) bond motifs is 1. The quantitative estimate of drug-likeness (QED) is 0.887. The summed E-state index contributed by atoms with van der Waals surface area (Å²) in [5.74, 6) is 0. The second-order valence-electron chi connectivity index (χ2n) is 6.15. The van der Waals surface area contributed by atoms with Gasteiger partial charge in [-0.15, -0.1) is 0 Å². The number of piperazine rings is 1. The molecule has 1 saturated heterocycles. The monoisotopic (exact) mass is 298 g/mol. The van der Waals surface area contributed by atoms with Crippen LogP contribution < -0.4 is 0 Å². The molecule has 118 valence electrons. The van der Waals surface area contributed by atoms with Crippen LogP contribution in [0.5, 0.6) is 0 Å². The lowest BCUT2D eigenvalue weighted by molar-refractivity contribution is 0.112. The Morgan fingerprint density at radius 3 is 2.27 bits per heavy atom. The first-order valence-corrected chi connectivity index (χ1v) is 8.39. The maximum atomic E-state index is 8.98. The summed E-state index contributed by atoms with van der Waals surface area (Å²) in [5.41, 5.74) is 1.47. The second-order valence-corrected chi connectivity index (χ2v) is 6.15. The number of aryl methyl sites for hydroxylation is 1. The van der Waals surface area contributed by atoms with E-state index in [2.05, 4.69) is 52.3 Å². The standard InChI is InChI=1S/C19H26N2O/c22-16-15-21-13-11-20(12-14-21)10-4-8-18-7-3-6-17-5-1-2-9-19(17)18/h1-3,5-7,9,22H,4,8,10-16H2. The normalized spacial score (nSPS) is 17.1. The highest BCUT2D eigenvalue weighted by Gasteiger charge is 2.15. The molecule has 3 nitrogen and oxygen atoms in total. The number of benzene rings is 2. The Kier molecular flexibility index (Phi) is 5.43. The number of aliphatic hydroxyl groups excluding tert-OH is 1. The van der Waals surface area contributed by atoms with Gasteiger partial charge in [0.1, 0.15) is 0 Å². The Morgan fingerprint density at radius 2 is 1.50 bits per heavy atom. The molecule has 1 fully saturated rings. The highest BCUT2D eigenvalue weighted by Crippen LogP contribution is 2.19. The van der Waals surface area contributed by atoms with Crippen molar-refractivity contribution in [1.29, 1.82) is 0 Å². The van der Waals surface area contributed by atoms with Gasteiger partial charge in [0.2, 0.25) is 0 Å². The van der Waals surface area contributed by atoms with E-state index in [1.807, 2.05) is 0 Å². The first-order chi connectivity index (χ1) is 10.9. The molecule has 1 N–H and O–H groups in total. The average molecular weight is 298 g/mol. The fourth-order valence-electron chi connectivity index (χ4n) is 3.38. The fraction of sp³-hybridized carbons (Fsp3) is 0.474. The molecule has 3 rings (SSSR count). The van der Waals surface area contributed by atoms with Crippen molar-refractivity contribution in [3.63, 3.8) is 0 Å². The van der Waals surface area contributed by atoms with Crippen LogP contribution in [0, 0.1) is 0 Å². The zero-order valence-electron chi connectivity index (χ0n) is 13.2. The van der Waals surface area contributed by atoms with E-state index in [0.717, 1.165) is 39.1 Å². The van der Waals surface area contributed by atoms with E-state index in [4.69, 9.17) is 5.11 Å². The van der Waals surface area contributed by atoms with Gasteiger partial charge in [0.25, 0.3) is 0 Å². The van der Waals surface area contributed by atoms with E-state index in [9.17, 15) is 0 Å². The van der Waals surface area contributed by atoms with Crippen molar-refractivity contribution in [2.24, 2.45) is 0 Å². The number of hydrogen-bond donors (Lipinski definition) is 1. The van der Waals surface area contributed by atoms with Crippen LogP contribution in [-0.4, -0.2) is 60.8 Å². The van der Waals surface area contributed by atoms with Crippen molar-refractivity contribution in [2.45, 2.75) is 12.8 Å². The molecule has 0 aliphatic carbocycles. The van der Waals surface area contributed by atoms with Crippen LogP contribution in [0.4, 0.5) is 0 Å². The van der Waals surface area contributed by atoms with E-state index in [1.54, 1.807) is 0 Å². The summed E-state index contributed by atoms with van der Waals surface area (Å²) >= 11 is 0. The summed E-state index contributed by atoms with van der Waals surface area (Å²) in [6, 6.07) is 15.3. The van der Waals surface area contributed by atoms with Gasteiger partial charge in [0.15, 0.2) is 0 Å². The van der Waals surface area contributed by atoms with Crippen LogP contribution in [0.25, 0.3) is 10.8 Å². The molecule has 22 heavy (non-hydrogen) atoms. The Hall–Kier alpha value is -1.42. The van der Waals surface area contributed by atoms with Crippen molar-refractivity contribution in [3.8, 4) is 0 Å². The van der Waals surface area contributed by atoms with Crippen molar-refractivity contribution < 1.29 is 5.11 Å². The Bertz CT molecular complexity index is 586. The van der Waals surface area contributed by atoms with Gasteiger partial charge in [0, 0.05) is 32.7 Å². The molecule has 0 amide bonds. The maximum absolute atomic E-state index is 8.98. The average Bonchev–Trinajstić information content (AvgIpc) is 2.57. The molecule has 2 aromatic carbocycles. The summed E-state index contributed by atoms with van der Waals surface area (Å²) in [4.78, 5) is 4.90. The molecular formula is C19H26N2O. The lowest BCUT2D eigenvalue weighted by atomic mass is 10.0. The van der Waals surface area contributed by atoms with Gasteiger partial charge < -0.3 is 10.0 Å². The topological polar surface area (TPSA) is 26.7 Å². The summed E-state index contributed by atoms with van der Waals surface area (Å²) in [6.07, 6.45) is 2.37. The largest absolute Gasteiger partial charge is 0.395 e. The number of hydrogen-bond acceptors (Lipinski definition) is 3. The Labute approximate surface area is 133 Å². The summed E-state index contributed by atoms with van der Waals surface area (Å²) < 4.78 is 0. The molecule has 0 saturated carbocycles. The van der Waals surface area contributed by atoms with E-state index in [0.29, 0.717) is 0 Å². The SMILES string of the molecule is OCCN1CCN(CCCc2cccc3ccccc23)CC1. The molecule has 0 bridgehead atoms. The third kappa shape index (κ3) is 3.86. The summed E-state index contributed by atoms with van der Waals surface area (Å²) in [7, 11) is 0. The third-order valence-corrected chi connectivity index (χ3v) is 4.68. The van der Waals surface area contributed by atoms with Crippen LogP contribution in [-0.2, 0) is 6.42 Å². The lowest BCUT2D eigenvalue weighted by Gasteiger charge is -2.34. The molecule has 1 aliphatic rings. The zero-order chi connectivity index (χ0) is 15.2. The van der Waals surface area contributed by atoms with Crippen LogP contribution in [0.15, 0.2) is 42.5 Å². The van der Waals surface area contributed by atoms with Gasteiger partial charge in [-0.25, -0.2) is 0 Å². The minimum absolute atomic E-state index is 0.279. The van der Waals surface area contributed by atoms with Gasteiger partial charge in [-0.1, -0.05) is 42.5 Å². The number of aliphatic hydroxyl groups is 1. The van der Waals surface area contributed by atoms with Gasteiger partial charge >= 0.3 is 0 Å². The van der Waals surface area contributed by atoms with E-state index in [-0.39, 0.29) is 6.61 Å². The van der Waals surface area contributed by atoms with Crippen LogP contribution in [0.1, 0.15) is 12.0 Å². The number of nitrogens with zero attached hydrogens (tertiary/aromatic N) is 2. The van der Waals surface area contributed by atoms with Crippen molar-refractivity contribution in [3.05, 3.63) is 48.0 Å². The van der Waals surface area contributed by atoms with Crippen LogP contribution in [0.2, 0.25) is 0 Å². The molecule has 0 radical (unpaired) electrons. The minimum atomic E-state index is 0.279. The van der Waals surface area contributed by atoms with Crippen molar-refractivity contribution >= 4 is 10.8 Å². The molecule has 1 aliphatic heterocycles. The molecule has 1 heterocycles. The van der Waals surface area contributed by atoms with Crippen molar-refractivity contribution in [1.82, 2.24) is 9.80 Å². The Balaban J connectivity index is 1.49.